The summed E-state index contributed by atoms with van der Waals surface area (Å²) in [7, 11) is -0.984. The minimum atomic E-state index is -0.984. The third kappa shape index (κ3) is 16.0. The molecule has 0 aliphatic carbocycles. The van der Waals surface area contributed by atoms with Gasteiger partial charge in [0.1, 0.15) is 0 Å². The number of alkyl halides is 1. The Kier molecular flexibility index (Phi) is 21.4. The molecule has 0 fully saturated rings. The van der Waals surface area contributed by atoms with Crippen LogP contribution in [0.25, 0.3) is 0 Å². The van der Waals surface area contributed by atoms with Crippen LogP contribution in [0.1, 0.15) is 124 Å². The Morgan fingerprint density at radius 3 is 1.08 bits per heavy atom. The monoisotopic (exact) mass is 494 g/mol. The smallest absolute Gasteiger partial charge is 0.0543 e. The Morgan fingerprint density at radius 2 is 0.731 bits per heavy atom. The van der Waals surface area contributed by atoms with Crippen molar-refractivity contribution in [2.24, 2.45) is 0 Å². The van der Waals surface area contributed by atoms with Gasteiger partial charge in [-0.25, -0.2) is 0 Å². The first-order valence-electron chi connectivity index (χ1n) is 12.3. The number of rotatable bonds is 21. The van der Waals surface area contributed by atoms with Crippen LogP contribution in [0.2, 0.25) is 24.2 Å². The van der Waals surface area contributed by atoms with Crippen LogP contribution in [0, 0.1) is 0 Å². The Morgan fingerprint density at radius 1 is 0.423 bits per heavy atom. The topological polar surface area (TPSA) is 0 Å². The summed E-state index contributed by atoms with van der Waals surface area (Å²) in [5, 5.41) is 0. The van der Waals surface area contributed by atoms with Crippen molar-refractivity contribution in [2.45, 2.75) is 148 Å². The van der Waals surface area contributed by atoms with Gasteiger partial charge in [-0.15, -0.1) is 0 Å². The summed E-state index contributed by atoms with van der Waals surface area (Å²) in [5.41, 5.74) is 0. The largest absolute Gasteiger partial charge is 0.0867 e. The number of halogens is 1. The van der Waals surface area contributed by atoms with Gasteiger partial charge in [-0.05, 0) is 10.5 Å². The maximum Gasteiger partial charge on any atom is 0.0543 e. The lowest BCUT2D eigenvalue weighted by Crippen LogP contribution is -2.34. The van der Waals surface area contributed by atoms with Crippen molar-refractivity contribution < 1.29 is 0 Å². The van der Waals surface area contributed by atoms with E-state index in [1.807, 2.05) is 0 Å². The fourth-order valence-electron chi connectivity index (χ4n) is 4.44. The predicted molar refractivity (Wildman–Crippen MR) is 135 cm³/mol. The van der Waals surface area contributed by atoms with Gasteiger partial charge < -0.3 is 0 Å². The summed E-state index contributed by atoms with van der Waals surface area (Å²) in [5.74, 6) is 0. The lowest BCUT2D eigenvalue weighted by Gasteiger charge is -2.32. The van der Waals surface area contributed by atoms with E-state index in [0.29, 0.717) is 0 Å². The maximum absolute atomic E-state index is 2.67. The molecule has 0 N–H and O–H groups in total. The Labute approximate surface area is 182 Å². The van der Waals surface area contributed by atoms with E-state index in [2.05, 4.69) is 43.4 Å². The van der Waals surface area contributed by atoms with Crippen LogP contribution in [-0.2, 0) is 0 Å². The van der Waals surface area contributed by atoms with Gasteiger partial charge in [-0.3, -0.25) is 0 Å². The predicted octanol–water partition coefficient (Wildman–Crippen LogP) is 10.2. The maximum atomic E-state index is 2.67. The molecule has 0 aromatic heterocycles. The Hall–Kier alpha value is 0.947. The lowest BCUT2D eigenvalue weighted by molar-refractivity contribution is 0.582. The molecule has 26 heavy (non-hydrogen) atoms. The fourth-order valence-corrected chi connectivity index (χ4v) is 12.8. The molecule has 0 atom stereocenters. The molecule has 0 amide bonds. The van der Waals surface area contributed by atoms with Crippen molar-refractivity contribution in [3.63, 3.8) is 0 Å². The van der Waals surface area contributed by atoms with Crippen molar-refractivity contribution in [3.8, 4) is 0 Å². The first kappa shape index (κ1) is 26.9. The highest BCUT2D eigenvalue weighted by Gasteiger charge is 2.30. The number of hydrogen-bond donors (Lipinski definition) is 0. The first-order valence-corrected chi connectivity index (χ1v) is 16.7. The second-order valence-corrected chi connectivity index (χ2v) is 14.9. The van der Waals surface area contributed by atoms with E-state index in [9.17, 15) is 0 Å². The quantitative estimate of drug-likeness (QED) is 0.0644. The van der Waals surface area contributed by atoms with Crippen LogP contribution in [0.3, 0.4) is 0 Å². The molecule has 0 rings (SSSR count). The molecule has 0 aromatic carbocycles. The van der Waals surface area contributed by atoms with E-state index in [1.165, 1.54) is 87.9 Å². The van der Waals surface area contributed by atoms with Crippen LogP contribution in [0.15, 0.2) is 0 Å². The van der Waals surface area contributed by atoms with E-state index in [0.717, 1.165) is 0 Å². The lowest BCUT2D eigenvalue weighted by atomic mass is 10.1. The molecule has 0 radical (unpaired) electrons. The third-order valence-corrected chi connectivity index (χ3v) is 13.4. The molecular weight excluding hydrogens is 443 g/mol. The molecule has 0 aliphatic rings. The van der Waals surface area contributed by atoms with Gasteiger partial charge in [-0.2, -0.15) is 0 Å². The van der Waals surface area contributed by atoms with Crippen molar-refractivity contribution >= 4 is 30.7 Å². The molecule has 0 spiro atoms. The van der Waals surface area contributed by atoms with Crippen molar-refractivity contribution in [1.29, 1.82) is 0 Å². The van der Waals surface area contributed by atoms with E-state index in [4.69, 9.17) is 0 Å². The fraction of sp³-hybridized carbons (Fsp3) is 1.00. The van der Waals surface area contributed by atoms with E-state index in [-0.39, 0.29) is 0 Å². The minimum absolute atomic E-state index is 0.984. The Bertz CT molecular complexity index is 255. The van der Waals surface area contributed by atoms with Gasteiger partial charge >= 0.3 is 0 Å². The van der Waals surface area contributed by atoms with E-state index < -0.39 is 8.07 Å². The zero-order chi connectivity index (χ0) is 19.3. The van der Waals surface area contributed by atoms with Crippen molar-refractivity contribution in [3.05, 3.63) is 0 Å². The summed E-state index contributed by atoms with van der Waals surface area (Å²) in [4.78, 5) is 0. The van der Waals surface area contributed by atoms with Crippen LogP contribution in [0.5, 0.6) is 0 Å². The summed E-state index contributed by atoms with van der Waals surface area (Å²) < 4.78 is 1.42. The third-order valence-electron chi connectivity index (χ3n) is 6.31. The van der Waals surface area contributed by atoms with E-state index >= 15 is 0 Å². The summed E-state index contributed by atoms with van der Waals surface area (Å²) in [6.07, 6.45) is 23.6. The zero-order valence-electron chi connectivity index (χ0n) is 18.7. The van der Waals surface area contributed by atoms with Gasteiger partial charge in [-0.1, -0.05) is 164 Å². The molecule has 0 saturated heterocycles. The van der Waals surface area contributed by atoms with Crippen LogP contribution >= 0.6 is 22.6 Å². The van der Waals surface area contributed by atoms with Gasteiger partial charge in [0.05, 0.1) is 8.07 Å². The molecule has 0 saturated carbocycles. The van der Waals surface area contributed by atoms with Gasteiger partial charge in [0.2, 0.25) is 0 Å². The molecule has 2 heteroatoms. The second kappa shape index (κ2) is 20.7. The molecule has 0 aliphatic heterocycles. The van der Waals surface area contributed by atoms with Gasteiger partial charge in [0.25, 0.3) is 0 Å². The average molecular weight is 495 g/mol. The number of hydrogen-bond acceptors (Lipinski definition) is 0. The molecule has 158 valence electrons. The summed E-state index contributed by atoms with van der Waals surface area (Å²) in [6, 6.07) is 6.57. The highest BCUT2D eigenvalue weighted by Crippen LogP contribution is 2.33. The minimum Gasteiger partial charge on any atom is -0.0867 e. The Balaban J connectivity index is 4.27. The van der Waals surface area contributed by atoms with Gasteiger partial charge in [0.15, 0.2) is 0 Å². The SMILES string of the molecule is CCCCCCCCCC[Si](CCI)(CCCCCC)CCCCCC. The second-order valence-electron chi connectivity index (χ2n) is 8.79. The van der Waals surface area contributed by atoms with Crippen LogP contribution < -0.4 is 0 Å². The first-order chi connectivity index (χ1) is 12.7. The van der Waals surface area contributed by atoms with Crippen molar-refractivity contribution in [2.75, 3.05) is 4.43 Å². The highest BCUT2D eigenvalue weighted by atomic mass is 127. The van der Waals surface area contributed by atoms with Crippen LogP contribution in [0.4, 0.5) is 0 Å². The molecule has 0 unspecified atom stereocenters. The summed E-state index contributed by atoms with van der Waals surface area (Å²) in [6.45, 7) is 7.01. The molecule has 0 bridgehead atoms. The molecule has 0 aromatic rings. The molecule has 0 nitrogen and oxygen atoms in total. The molecular formula is C24H51ISi. The standard InChI is InChI=1S/C24H51ISi/c1-4-7-10-13-14-15-16-19-23-26(24-20-25,21-17-11-8-5-2)22-18-12-9-6-3/h4-24H2,1-3H3. The number of unbranched alkanes of at least 4 members (excludes halogenated alkanes) is 13. The normalized spacial score (nSPS) is 12.0. The van der Waals surface area contributed by atoms with E-state index in [1.54, 1.807) is 43.4 Å². The van der Waals surface area contributed by atoms with Crippen molar-refractivity contribution in [1.82, 2.24) is 0 Å². The zero-order valence-corrected chi connectivity index (χ0v) is 21.9. The average Bonchev–Trinajstić information content (AvgIpc) is 2.65. The summed E-state index contributed by atoms with van der Waals surface area (Å²) >= 11 is 2.67. The highest BCUT2D eigenvalue weighted by molar-refractivity contribution is 14.1. The van der Waals surface area contributed by atoms with Crippen LogP contribution in [-0.4, -0.2) is 12.5 Å². The van der Waals surface area contributed by atoms with Gasteiger partial charge in [0, 0.05) is 0 Å². The molecule has 0 heterocycles.